The van der Waals surface area contributed by atoms with Gasteiger partial charge in [0.1, 0.15) is 12.4 Å². The Bertz CT molecular complexity index is 316. The second-order valence-electron chi connectivity index (χ2n) is 4.55. The molecule has 1 aromatic carbocycles. The van der Waals surface area contributed by atoms with Gasteiger partial charge in [0.15, 0.2) is 0 Å². The molecule has 0 aliphatic heterocycles. The van der Waals surface area contributed by atoms with E-state index in [9.17, 15) is 0 Å². The van der Waals surface area contributed by atoms with Crippen molar-refractivity contribution in [2.75, 3.05) is 52.5 Å². The van der Waals surface area contributed by atoms with Crippen molar-refractivity contribution in [3.63, 3.8) is 0 Å². The molecular weight excluding hydrogens is 252 g/mol. The Kier molecular flexibility index (Phi) is 9.92. The Morgan fingerprint density at radius 2 is 1.70 bits per heavy atom. The average molecular weight is 280 g/mol. The van der Waals surface area contributed by atoms with Gasteiger partial charge in [-0.1, -0.05) is 32.0 Å². The maximum atomic E-state index is 5.54. The summed E-state index contributed by atoms with van der Waals surface area (Å²) < 4.78 is 11.1. The van der Waals surface area contributed by atoms with Crippen LogP contribution >= 0.6 is 0 Å². The van der Waals surface area contributed by atoms with Crippen LogP contribution in [-0.2, 0) is 4.74 Å². The summed E-state index contributed by atoms with van der Waals surface area (Å²) in [5.41, 5.74) is 0. The van der Waals surface area contributed by atoms with Gasteiger partial charge in [0, 0.05) is 19.6 Å². The normalized spacial score (nSPS) is 10.9. The molecule has 0 heterocycles. The highest BCUT2D eigenvalue weighted by atomic mass is 16.5. The SMILES string of the molecule is CCN(CC)CCNCCOCCOc1ccccc1. The van der Waals surface area contributed by atoms with Crippen LogP contribution in [0.1, 0.15) is 13.8 Å². The van der Waals surface area contributed by atoms with Crippen molar-refractivity contribution < 1.29 is 9.47 Å². The van der Waals surface area contributed by atoms with Crippen LogP contribution in [0.15, 0.2) is 30.3 Å². The minimum absolute atomic E-state index is 0.601. The summed E-state index contributed by atoms with van der Waals surface area (Å²) in [5, 5.41) is 3.39. The van der Waals surface area contributed by atoms with E-state index in [0.717, 1.165) is 45.1 Å². The van der Waals surface area contributed by atoms with Crippen molar-refractivity contribution in [2.24, 2.45) is 0 Å². The summed E-state index contributed by atoms with van der Waals surface area (Å²) in [5.74, 6) is 0.897. The van der Waals surface area contributed by atoms with E-state index in [1.807, 2.05) is 30.3 Å². The van der Waals surface area contributed by atoms with Crippen molar-refractivity contribution in [2.45, 2.75) is 13.8 Å². The lowest BCUT2D eigenvalue weighted by atomic mass is 10.3. The van der Waals surface area contributed by atoms with Gasteiger partial charge < -0.3 is 19.7 Å². The molecular formula is C16H28N2O2. The number of nitrogens with zero attached hydrogens (tertiary/aromatic N) is 1. The Morgan fingerprint density at radius 3 is 2.40 bits per heavy atom. The zero-order valence-corrected chi connectivity index (χ0v) is 12.8. The third-order valence-corrected chi connectivity index (χ3v) is 3.16. The second-order valence-corrected chi connectivity index (χ2v) is 4.55. The number of likely N-dealkylation sites (N-methyl/N-ethyl adjacent to an activating group) is 1. The molecule has 0 bridgehead atoms. The average Bonchev–Trinajstić information content (AvgIpc) is 2.50. The van der Waals surface area contributed by atoms with Crippen LogP contribution in [0.2, 0.25) is 0 Å². The summed E-state index contributed by atoms with van der Waals surface area (Å²) in [4.78, 5) is 2.40. The van der Waals surface area contributed by atoms with Crippen LogP contribution in [0.3, 0.4) is 0 Å². The summed E-state index contributed by atoms with van der Waals surface area (Å²) in [7, 11) is 0. The quantitative estimate of drug-likeness (QED) is 0.594. The summed E-state index contributed by atoms with van der Waals surface area (Å²) >= 11 is 0. The summed E-state index contributed by atoms with van der Waals surface area (Å²) in [6.07, 6.45) is 0. The number of benzene rings is 1. The molecule has 4 heteroatoms. The molecule has 0 atom stereocenters. The molecule has 0 aliphatic rings. The highest BCUT2D eigenvalue weighted by molar-refractivity contribution is 5.20. The molecule has 1 N–H and O–H groups in total. The molecule has 20 heavy (non-hydrogen) atoms. The Labute approximate surface area is 123 Å². The largest absolute Gasteiger partial charge is 0.491 e. The van der Waals surface area contributed by atoms with E-state index >= 15 is 0 Å². The first kappa shape index (κ1) is 17.0. The molecule has 1 aromatic rings. The van der Waals surface area contributed by atoms with E-state index in [1.165, 1.54) is 0 Å². The molecule has 0 radical (unpaired) electrons. The molecule has 0 aliphatic carbocycles. The summed E-state index contributed by atoms with van der Waals surface area (Å²) in [6.45, 7) is 11.6. The summed E-state index contributed by atoms with van der Waals surface area (Å²) in [6, 6.07) is 9.82. The van der Waals surface area contributed by atoms with Crippen LogP contribution in [-0.4, -0.2) is 57.4 Å². The van der Waals surface area contributed by atoms with E-state index in [1.54, 1.807) is 0 Å². The molecule has 1 rings (SSSR count). The third kappa shape index (κ3) is 8.15. The van der Waals surface area contributed by atoms with Crippen LogP contribution in [0.4, 0.5) is 0 Å². The van der Waals surface area contributed by atoms with Crippen LogP contribution in [0.5, 0.6) is 5.75 Å². The van der Waals surface area contributed by atoms with Gasteiger partial charge in [-0.2, -0.15) is 0 Å². The minimum Gasteiger partial charge on any atom is -0.491 e. The van der Waals surface area contributed by atoms with Gasteiger partial charge >= 0.3 is 0 Å². The Morgan fingerprint density at radius 1 is 0.950 bits per heavy atom. The molecule has 0 aromatic heterocycles. The van der Waals surface area contributed by atoms with Crippen LogP contribution in [0, 0.1) is 0 Å². The van der Waals surface area contributed by atoms with E-state index in [4.69, 9.17) is 9.47 Å². The number of hydrogen-bond acceptors (Lipinski definition) is 4. The fraction of sp³-hybridized carbons (Fsp3) is 0.625. The van der Waals surface area contributed by atoms with Gasteiger partial charge in [0.25, 0.3) is 0 Å². The lowest BCUT2D eigenvalue weighted by Gasteiger charge is -2.17. The number of nitrogens with one attached hydrogen (secondary N) is 1. The topological polar surface area (TPSA) is 33.7 Å². The molecule has 0 amide bonds. The molecule has 0 saturated heterocycles. The van der Waals surface area contributed by atoms with Gasteiger partial charge in [0.2, 0.25) is 0 Å². The molecule has 0 fully saturated rings. The van der Waals surface area contributed by atoms with Crippen LogP contribution < -0.4 is 10.1 Å². The third-order valence-electron chi connectivity index (χ3n) is 3.16. The lowest BCUT2D eigenvalue weighted by molar-refractivity contribution is 0.101. The first-order valence-corrected chi connectivity index (χ1v) is 7.55. The van der Waals surface area contributed by atoms with Gasteiger partial charge in [-0.05, 0) is 25.2 Å². The second kappa shape index (κ2) is 11.7. The van der Waals surface area contributed by atoms with Gasteiger partial charge in [-0.25, -0.2) is 0 Å². The first-order valence-electron chi connectivity index (χ1n) is 7.55. The molecule has 4 nitrogen and oxygen atoms in total. The van der Waals surface area contributed by atoms with Crippen molar-refractivity contribution in [3.05, 3.63) is 30.3 Å². The fourth-order valence-corrected chi connectivity index (χ4v) is 1.88. The Hall–Kier alpha value is -1.10. The van der Waals surface area contributed by atoms with Crippen molar-refractivity contribution >= 4 is 0 Å². The van der Waals surface area contributed by atoms with Gasteiger partial charge in [-0.15, -0.1) is 0 Å². The lowest BCUT2D eigenvalue weighted by Crippen LogP contribution is -2.33. The van der Waals surface area contributed by atoms with Gasteiger partial charge in [0.05, 0.1) is 13.2 Å². The predicted molar refractivity (Wildman–Crippen MR) is 83.4 cm³/mol. The maximum Gasteiger partial charge on any atom is 0.119 e. The monoisotopic (exact) mass is 280 g/mol. The molecule has 0 spiro atoms. The minimum atomic E-state index is 0.601. The van der Waals surface area contributed by atoms with Crippen molar-refractivity contribution in [1.29, 1.82) is 0 Å². The smallest absolute Gasteiger partial charge is 0.119 e. The van der Waals surface area contributed by atoms with E-state index in [2.05, 4.69) is 24.1 Å². The first-order chi connectivity index (χ1) is 9.86. The zero-order valence-electron chi connectivity index (χ0n) is 12.8. The van der Waals surface area contributed by atoms with Crippen molar-refractivity contribution in [1.82, 2.24) is 10.2 Å². The highest BCUT2D eigenvalue weighted by Crippen LogP contribution is 2.07. The van der Waals surface area contributed by atoms with E-state index in [0.29, 0.717) is 13.2 Å². The number of para-hydroxylation sites is 1. The predicted octanol–water partition coefficient (Wildman–Crippen LogP) is 2.01. The number of rotatable bonds is 12. The zero-order chi connectivity index (χ0) is 14.5. The molecule has 0 saturated carbocycles. The van der Waals surface area contributed by atoms with Crippen molar-refractivity contribution in [3.8, 4) is 5.75 Å². The maximum absolute atomic E-state index is 5.54. The number of hydrogen-bond donors (Lipinski definition) is 1. The highest BCUT2D eigenvalue weighted by Gasteiger charge is 1.97. The Balaban J connectivity index is 1.85. The standard InChI is InChI=1S/C16H28N2O2/c1-3-18(4-2)12-10-17-11-13-19-14-15-20-16-8-6-5-7-9-16/h5-9,17H,3-4,10-15H2,1-2H3. The molecule has 0 unspecified atom stereocenters. The number of ether oxygens (including phenoxy) is 2. The van der Waals surface area contributed by atoms with E-state index in [-0.39, 0.29) is 0 Å². The van der Waals surface area contributed by atoms with Crippen LogP contribution in [0.25, 0.3) is 0 Å². The van der Waals surface area contributed by atoms with E-state index < -0.39 is 0 Å². The molecule has 114 valence electrons. The fourth-order valence-electron chi connectivity index (χ4n) is 1.88. The van der Waals surface area contributed by atoms with Gasteiger partial charge in [-0.3, -0.25) is 0 Å².